The summed E-state index contributed by atoms with van der Waals surface area (Å²) in [5.41, 5.74) is -0.390. The second-order valence-corrected chi connectivity index (χ2v) is 3.34. The second kappa shape index (κ2) is 3.74. The van der Waals surface area contributed by atoms with Crippen molar-refractivity contribution in [1.82, 2.24) is 9.55 Å². The van der Waals surface area contributed by atoms with Gasteiger partial charge in [0.05, 0.1) is 10.7 Å². The normalized spacial score (nSPS) is 10.2. The maximum Gasteiger partial charge on any atom is 0.332 e. The summed E-state index contributed by atoms with van der Waals surface area (Å²) < 4.78 is 1.28. The van der Waals surface area contributed by atoms with E-state index in [4.69, 9.17) is 11.6 Å². The number of rotatable bonds is 1. The number of aromatic amines is 1. The zero-order valence-electron chi connectivity index (χ0n) is 7.61. The molecule has 1 aromatic carbocycles. The van der Waals surface area contributed by atoms with E-state index in [1.807, 2.05) is 0 Å². The third-order valence-corrected chi connectivity index (χ3v) is 2.26. The van der Waals surface area contributed by atoms with Crippen LogP contribution in [0.5, 0.6) is 0 Å². The van der Waals surface area contributed by atoms with Gasteiger partial charge in [-0.3, -0.25) is 14.3 Å². The highest BCUT2D eigenvalue weighted by Gasteiger charge is 2.03. The number of aromatic nitrogens is 2. The first kappa shape index (κ1) is 9.73. The minimum Gasteiger partial charge on any atom is -0.274 e. The number of benzene rings is 1. The number of halogens is 1. The minimum absolute atomic E-state index is 0.427. The number of H-pyrrole nitrogens is 1. The fraction of sp³-hybridized carbons (Fsp3) is 0. The Morgan fingerprint density at radius 2 is 1.87 bits per heavy atom. The molecule has 0 bridgehead atoms. The Morgan fingerprint density at radius 1 is 1.13 bits per heavy atom. The summed E-state index contributed by atoms with van der Waals surface area (Å²) in [5, 5.41) is 0.451. The van der Waals surface area contributed by atoms with Crippen molar-refractivity contribution in [2.45, 2.75) is 0 Å². The first-order valence-electron chi connectivity index (χ1n) is 4.25. The van der Waals surface area contributed by atoms with Crippen molar-refractivity contribution in [1.29, 1.82) is 0 Å². The fourth-order valence-electron chi connectivity index (χ4n) is 1.25. The van der Waals surface area contributed by atoms with Crippen molar-refractivity contribution < 1.29 is 0 Å². The Hall–Kier alpha value is -1.81. The molecule has 0 amide bonds. The predicted molar refractivity (Wildman–Crippen MR) is 57.7 cm³/mol. The third kappa shape index (κ3) is 1.85. The van der Waals surface area contributed by atoms with Crippen LogP contribution in [0, 0.1) is 0 Å². The van der Waals surface area contributed by atoms with Gasteiger partial charge in [-0.2, -0.15) is 0 Å². The average Bonchev–Trinajstić information content (AvgIpc) is 2.20. The number of hydrogen-bond donors (Lipinski definition) is 1. The molecule has 0 aliphatic heterocycles. The van der Waals surface area contributed by atoms with Gasteiger partial charge in [0.1, 0.15) is 0 Å². The highest BCUT2D eigenvalue weighted by molar-refractivity contribution is 6.32. The predicted octanol–water partition coefficient (Wildman–Crippen LogP) is 1.18. The van der Waals surface area contributed by atoms with Crippen LogP contribution >= 0.6 is 11.6 Å². The van der Waals surface area contributed by atoms with Gasteiger partial charge in [0.15, 0.2) is 0 Å². The van der Waals surface area contributed by atoms with Crippen LogP contribution in [0.4, 0.5) is 0 Å². The number of hydrogen-bond acceptors (Lipinski definition) is 2. The lowest BCUT2D eigenvalue weighted by atomic mass is 10.3. The lowest BCUT2D eigenvalue weighted by Crippen LogP contribution is -2.27. The maximum absolute atomic E-state index is 11.4. The fourth-order valence-corrected chi connectivity index (χ4v) is 1.48. The van der Waals surface area contributed by atoms with E-state index >= 15 is 0 Å². The highest BCUT2D eigenvalue weighted by atomic mass is 35.5. The summed E-state index contributed by atoms with van der Waals surface area (Å²) >= 11 is 5.92. The molecule has 0 aliphatic carbocycles. The van der Waals surface area contributed by atoms with Gasteiger partial charge < -0.3 is 0 Å². The van der Waals surface area contributed by atoms with Crippen LogP contribution in [0.2, 0.25) is 5.02 Å². The summed E-state index contributed by atoms with van der Waals surface area (Å²) in [6, 6.07) is 8.17. The quantitative estimate of drug-likeness (QED) is 0.788. The van der Waals surface area contributed by atoms with E-state index in [9.17, 15) is 9.59 Å². The van der Waals surface area contributed by atoms with Gasteiger partial charge >= 0.3 is 5.69 Å². The first-order chi connectivity index (χ1) is 7.18. The van der Waals surface area contributed by atoms with E-state index in [0.29, 0.717) is 10.7 Å². The van der Waals surface area contributed by atoms with Crippen LogP contribution in [0.25, 0.3) is 5.69 Å². The number of para-hydroxylation sites is 1. The Labute approximate surface area is 89.8 Å². The molecule has 0 atom stereocenters. The molecule has 2 aromatic rings. The van der Waals surface area contributed by atoms with Crippen molar-refractivity contribution in [3.05, 3.63) is 62.4 Å². The molecule has 0 radical (unpaired) electrons. The van der Waals surface area contributed by atoms with Crippen molar-refractivity contribution in [3.63, 3.8) is 0 Å². The molecule has 0 saturated heterocycles. The first-order valence-corrected chi connectivity index (χ1v) is 4.63. The third-order valence-electron chi connectivity index (χ3n) is 1.94. The van der Waals surface area contributed by atoms with Crippen molar-refractivity contribution in [2.75, 3.05) is 0 Å². The standard InChI is InChI=1S/C10H7ClN2O2/c11-7-3-1-2-4-8(7)13-6-5-9(14)12-10(13)15/h1-6H,(H,12,14,15). The van der Waals surface area contributed by atoms with E-state index < -0.39 is 11.2 Å². The zero-order chi connectivity index (χ0) is 10.8. The smallest absolute Gasteiger partial charge is 0.274 e. The molecule has 1 aromatic heterocycles. The van der Waals surface area contributed by atoms with Crippen LogP contribution < -0.4 is 11.2 Å². The largest absolute Gasteiger partial charge is 0.332 e. The summed E-state index contributed by atoms with van der Waals surface area (Å²) in [6.07, 6.45) is 1.39. The summed E-state index contributed by atoms with van der Waals surface area (Å²) in [4.78, 5) is 24.5. The van der Waals surface area contributed by atoms with Crippen molar-refractivity contribution in [3.8, 4) is 5.69 Å². The highest BCUT2D eigenvalue weighted by Crippen LogP contribution is 2.17. The maximum atomic E-state index is 11.4. The van der Waals surface area contributed by atoms with Gasteiger partial charge in [-0.05, 0) is 12.1 Å². The van der Waals surface area contributed by atoms with Crippen LogP contribution in [0.15, 0.2) is 46.1 Å². The van der Waals surface area contributed by atoms with Gasteiger partial charge in [0.25, 0.3) is 5.56 Å². The molecule has 1 N–H and O–H groups in total. The lowest BCUT2D eigenvalue weighted by molar-refractivity contribution is 0.896. The SMILES string of the molecule is O=c1ccn(-c2ccccc2Cl)c(=O)[nH]1. The second-order valence-electron chi connectivity index (χ2n) is 2.93. The van der Waals surface area contributed by atoms with Gasteiger partial charge in [-0.1, -0.05) is 23.7 Å². The van der Waals surface area contributed by atoms with E-state index in [0.717, 1.165) is 0 Å². The average molecular weight is 223 g/mol. The number of nitrogens with zero attached hydrogens (tertiary/aromatic N) is 1. The molecule has 15 heavy (non-hydrogen) atoms. The van der Waals surface area contributed by atoms with Crippen LogP contribution in [-0.2, 0) is 0 Å². The molecule has 2 rings (SSSR count). The molecule has 76 valence electrons. The van der Waals surface area contributed by atoms with E-state index in [1.165, 1.54) is 16.8 Å². The summed E-state index contributed by atoms with van der Waals surface area (Å²) in [7, 11) is 0. The monoisotopic (exact) mass is 222 g/mol. The van der Waals surface area contributed by atoms with Crippen LogP contribution in [0.1, 0.15) is 0 Å². The topological polar surface area (TPSA) is 54.9 Å². The minimum atomic E-state index is -0.504. The summed E-state index contributed by atoms with van der Waals surface area (Å²) in [5.74, 6) is 0. The number of nitrogens with one attached hydrogen (secondary N) is 1. The Kier molecular flexibility index (Phi) is 2.43. The van der Waals surface area contributed by atoms with E-state index in [1.54, 1.807) is 24.3 Å². The molecular formula is C10H7ClN2O2. The molecular weight excluding hydrogens is 216 g/mol. The van der Waals surface area contributed by atoms with Crippen LogP contribution in [-0.4, -0.2) is 9.55 Å². The van der Waals surface area contributed by atoms with E-state index in [2.05, 4.69) is 4.98 Å². The molecule has 0 unspecified atom stereocenters. The van der Waals surface area contributed by atoms with Gasteiger partial charge in [-0.25, -0.2) is 4.79 Å². The Balaban J connectivity index is 2.70. The molecule has 4 nitrogen and oxygen atoms in total. The van der Waals surface area contributed by atoms with Gasteiger partial charge in [-0.15, -0.1) is 0 Å². The Morgan fingerprint density at radius 3 is 2.53 bits per heavy atom. The van der Waals surface area contributed by atoms with Gasteiger partial charge in [0, 0.05) is 12.3 Å². The molecule has 0 aliphatic rings. The molecule has 0 fully saturated rings. The van der Waals surface area contributed by atoms with Crippen molar-refractivity contribution in [2.24, 2.45) is 0 Å². The molecule has 0 saturated carbocycles. The lowest BCUT2D eigenvalue weighted by Gasteiger charge is -2.05. The van der Waals surface area contributed by atoms with Gasteiger partial charge in [0.2, 0.25) is 0 Å². The summed E-state index contributed by atoms with van der Waals surface area (Å²) in [6.45, 7) is 0. The van der Waals surface area contributed by atoms with Crippen LogP contribution in [0.3, 0.4) is 0 Å². The Bertz CT molecular complexity index is 601. The van der Waals surface area contributed by atoms with Crippen molar-refractivity contribution >= 4 is 11.6 Å². The zero-order valence-corrected chi connectivity index (χ0v) is 8.36. The van der Waals surface area contributed by atoms with E-state index in [-0.39, 0.29) is 0 Å². The molecule has 5 heteroatoms. The molecule has 1 heterocycles. The molecule has 0 spiro atoms.